The topological polar surface area (TPSA) is 21.7 Å². The minimum atomic E-state index is 0.264. The van der Waals surface area contributed by atoms with Crippen molar-refractivity contribution in [3.05, 3.63) is 0 Å². The first-order chi connectivity index (χ1) is 5.69. The molecule has 0 aromatic rings. The van der Waals surface area contributed by atoms with Crippen LogP contribution in [0.25, 0.3) is 0 Å². The zero-order valence-corrected chi connectivity index (χ0v) is 9.14. The van der Waals surface area contributed by atoms with E-state index in [9.17, 15) is 0 Å². The zero-order valence-electron chi connectivity index (χ0n) is 7.99. The molecule has 1 aliphatic rings. The number of hydrogen-bond donors (Lipinski definition) is 0. The van der Waals surface area contributed by atoms with Crippen LogP contribution in [0.5, 0.6) is 0 Å². The van der Waals surface area contributed by atoms with Gasteiger partial charge in [0.25, 0.3) is 0 Å². The second-order valence-electron chi connectivity index (χ2n) is 3.44. The van der Waals surface area contributed by atoms with Crippen molar-refractivity contribution in [1.29, 1.82) is 0 Å². The number of methoxy groups -OCH3 is 1. The van der Waals surface area contributed by atoms with Gasteiger partial charge in [-0.25, -0.2) is 0 Å². The van der Waals surface area contributed by atoms with E-state index in [1.165, 1.54) is 0 Å². The lowest BCUT2D eigenvalue weighted by Crippen LogP contribution is -2.34. The smallest absolute Gasteiger partial charge is 0.0738 e. The Morgan fingerprint density at radius 3 is 2.67 bits per heavy atom. The van der Waals surface area contributed by atoms with Crippen LogP contribution in [0.4, 0.5) is 0 Å². The van der Waals surface area contributed by atoms with Crippen molar-refractivity contribution >= 4 is 9.47 Å². The first kappa shape index (κ1) is 10.4. The molecule has 1 rings (SSSR count). The van der Waals surface area contributed by atoms with Gasteiger partial charge in [0.2, 0.25) is 0 Å². The lowest BCUT2D eigenvalue weighted by atomic mass is 10.1. The van der Waals surface area contributed by atoms with E-state index in [4.69, 9.17) is 9.26 Å². The Hall–Kier alpha value is 0.310. The fourth-order valence-electron chi connectivity index (χ4n) is 1.79. The number of likely N-dealkylation sites (tertiary alicyclic amines) is 1. The van der Waals surface area contributed by atoms with Gasteiger partial charge < -0.3 is 9.26 Å². The van der Waals surface area contributed by atoms with Crippen LogP contribution in [0, 0.1) is 0 Å². The van der Waals surface area contributed by atoms with Crippen molar-refractivity contribution in [2.45, 2.75) is 31.6 Å². The van der Waals surface area contributed by atoms with Crippen LogP contribution in [0.1, 0.15) is 13.3 Å². The monoisotopic (exact) mass is 191 g/mol. The molecule has 72 valence electrons. The average molecular weight is 191 g/mol. The highest BCUT2D eigenvalue weighted by atomic mass is 31.0. The molecule has 0 N–H and O–H groups in total. The van der Waals surface area contributed by atoms with Gasteiger partial charge in [0.05, 0.1) is 12.2 Å². The summed E-state index contributed by atoms with van der Waals surface area (Å²) in [5.74, 6) is 0. The standard InChI is InChI=1S/C8H18NO2P/c1-6(11-12)8-4-7(10-3)5-9(8)2/h6-8H,4-5,12H2,1-3H3. The maximum absolute atomic E-state index is 5.30. The van der Waals surface area contributed by atoms with E-state index >= 15 is 0 Å². The summed E-state index contributed by atoms with van der Waals surface area (Å²) in [7, 11) is 6.21. The quantitative estimate of drug-likeness (QED) is 0.619. The van der Waals surface area contributed by atoms with Gasteiger partial charge in [-0.1, -0.05) is 0 Å². The molecule has 12 heavy (non-hydrogen) atoms. The summed E-state index contributed by atoms with van der Waals surface area (Å²) in [6.45, 7) is 3.10. The van der Waals surface area contributed by atoms with E-state index in [1.807, 2.05) is 0 Å². The van der Waals surface area contributed by atoms with E-state index in [0.29, 0.717) is 12.1 Å². The normalized spacial score (nSPS) is 34.0. The van der Waals surface area contributed by atoms with Crippen LogP contribution in [-0.4, -0.2) is 43.9 Å². The summed E-state index contributed by atoms with van der Waals surface area (Å²) in [6.07, 6.45) is 1.71. The average Bonchev–Trinajstić information content (AvgIpc) is 2.45. The lowest BCUT2D eigenvalue weighted by molar-refractivity contribution is 0.110. The summed E-state index contributed by atoms with van der Waals surface area (Å²) < 4.78 is 10.5. The van der Waals surface area contributed by atoms with Crippen molar-refractivity contribution in [1.82, 2.24) is 4.90 Å². The molecule has 1 saturated heterocycles. The van der Waals surface area contributed by atoms with Gasteiger partial charge in [0, 0.05) is 29.2 Å². The molecule has 0 aromatic carbocycles. The molecule has 1 fully saturated rings. The van der Waals surface area contributed by atoms with E-state index < -0.39 is 0 Å². The SMILES string of the molecule is COC1CC(C(C)OP)N(C)C1. The molecular formula is C8H18NO2P. The van der Waals surface area contributed by atoms with E-state index in [-0.39, 0.29) is 6.10 Å². The Morgan fingerprint density at radius 2 is 2.25 bits per heavy atom. The van der Waals surface area contributed by atoms with Crippen molar-refractivity contribution in [2.24, 2.45) is 0 Å². The predicted octanol–water partition coefficient (Wildman–Crippen LogP) is 0.901. The Bertz CT molecular complexity index is 145. The maximum Gasteiger partial charge on any atom is 0.0738 e. The molecule has 4 unspecified atom stereocenters. The zero-order chi connectivity index (χ0) is 9.14. The minimum Gasteiger partial charge on any atom is -0.380 e. The first-order valence-corrected chi connectivity index (χ1v) is 4.74. The van der Waals surface area contributed by atoms with Crippen molar-refractivity contribution in [3.8, 4) is 0 Å². The van der Waals surface area contributed by atoms with Crippen LogP contribution < -0.4 is 0 Å². The Kier molecular flexibility index (Phi) is 3.91. The van der Waals surface area contributed by atoms with E-state index in [1.54, 1.807) is 7.11 Å². The fourth-order valence-corrected chi connectivity index (χ4v) is 1.97. The van der Waals surface area contributed by atoms with Crippen molar-refractivity contribution < 1.29 is 9.26 Å². The second-order valence-corrected chi connectivity index (χ2v) is 3.71. The van der Waals surface area contributed by atoms with Gasteiger partial charge in [-0.3, -0.25) is 4.90 Å². The number of hydrogen-bond acceptors (Lipinski definition) is 3. The second kappa shape index (κ2) is 4.52. The van der Waals surface area contributed by atoms with E-state index in [2.05, 4.69) is 28.3 Å². The fraction of sp³-hybridized carbons (Fsp3) is 1.00. The summed E-state index contributed by atoms with van der Waals surface area (Å²) in [5.41, 5.74) is 0. The highest BCUT2D eigenvalue weighted by Crippen LogP contribution is 2.23. The Morgan fingerprint density at radius 1 is 1.58 bits per heavy atom. The highest BCUT2D eigenvalue weighted by molar-refractivity contribution is 7.09. The lowest BCUT2D eigenvalue weighted by Gasteiger charge is -2.23. The summed E-state index contributed by atoms with van der Waals surface area (Å²) in [6, 6.07) is 0.493. The maximum atomic E-state index is 5.30. The van der Waals surface area contributed by atoms with Gasteiger partial charge in [0.1, 0.15) is 0 Å². The highest BCUT2D eigenvalue weighted by Gasteiger charge is 2.33. The largest absolute Gasteiger partial charge is 0.380 e. The van der Waals surface area contributed by atoms with Gasteiger partial charge in [-0.15, -0.1) is 0 Å². The van der Waals surface area contributed by atoms with E-state index in [0.717, 1.165) is 13.0 Å². The third kappa shape index (κ3) is 2.17. The molecule has 0 aliphatic carbocycles. The molecule has 0 radical (unpaired) electrons. The molecule has 3 nitrogen and oxygen atoms in total. The van der Waals surface area contributed by atoms with Gasteiger partial charge in [-0.2, -0.15) is 0 Å². The molecule has 0 amide bonds. The molecule has 0 saturated carbocycles. The summed E-state index contributed by atoms with van der Waals surface area (Å²) >= 11 is 0. The van der Waals surface area contributed by atoms with Crippen LogP contribution in [0.3, 0.4) is 0 Å². The number of likely N-dealkylation sites (N-methyl/N-ethyl adjacent to an activating group) is 1. The number of nitrogens with zero attached hydrogens (tertiary/aromatic N) is 1. The third-order valence-electron chi connectivity index (χ3n) is 2.65. The van der Waals surface area contributed by atoms with Gasteiger partial charge in [-0.05, 0) is 20.4 Å². The van der Waals surface area contributed by atoms with Crippen LogP contribution in [-0.2, 0) is 9.26 Å². The predicted molar refractivity (Wildman–Crippen MR) is 52.1 cm³/mol. The summed E-state index contributed by atoms with van der Waals surface area (Å²) in [4.78, 5) is 2.29. The molecule has 0 aromatic heterocycles. The Labute approximate surface area is 76.7 Å². The molecular weight excluding hydrogens is 173 g/mol. The number of rotatable bonds is 3. The van der Waals surface area contributed by atoms with Gasteiger partial charge in [0.15, 0.2) is 0 Å². The number of ether oxygens (including phenoxy) is 1. The third-order valence-corrected chi connectivity index (χ3v) is 3.08. The molecule has 1 heterocycles. The minimum absolute atomic E-state index is 0.264. The molecule has 4 atom stereocenters. The van der Waals surface area contributed by atoms with Crippen LogP contribution in [0.15, 0.2) is 0 Å². The van der Waals surface area contributed by atoms with Crippen molar-refractivity contribution in [2.75, 3.05) is 20.7 Å². The molecule has 0 bridgehead atoms. The van der Waals surface area contributed by atoms with Crippen LogP contribution in [0.2, 0.25) is 0 Å². The molecule has 1 aliphatic heterocycles. The van der Waals surface area contributed by atoms with Crippen molar-refractivity contribution in [3.63, 3.8) is 0 Å². The Balaban J connectivity index is 2.45. The first-order valence-electron chi connectivity index (χ1n) is 4.27. The van der Waals surface area contributed by atoms with Crippen LogP contribution >= 0.6 is 9.47 Å². The summed E-state index contributed by atoms with van der Waals surface area (Å²) in [5, 5.41) is 0. The molecule has 4 heteroatoms. The molecule has 0 spiro atoms. The van der Waals surface area contributed by atoms with Gasteiger partial charge >= 0.3 is 0 Å².